The molecule has 0 unspecified atom stereocenters. The Morgan fingerprint density at radius 1 is 0.604 bits per heavy atom. The van der Waals surface area contributed by atoms with Gasteiger partial charge in [0, 0.05) is 35.8 Å². The SMILES string of the molecule is CC.CC(C)(C)C.CC1(C)CC1.Cc1ccc(/C(C#N)=C\c2ccc(-c3ccc(-c4ccc(N(c5ccc(C)cc5)c5ccc(C)cc5)s4)s3)s2)cc1. The molecular weight excluding hydrogens is 701 g/mol. The molecule has 1 aliphatic rings. The highest BCUT2D eigenvalue weighted by Gasteiger charge is 2.30. The van der Waals surface area contributed by atoms with E-state index in [1.54, 1.807) is 11.3 Å². The first kappa shape index (κ1) is 41.5. The van der Waals surface area contributed by atoms with Crippen LogP contribution >= 0.6 is 34.0 Å². The summed E-state index contributed by atoms with van der Waals surface area (Å²) in [6.07, 6.45) is 4.89. The summed E-state index contributed by atoms with van der Waals surface area (Å²) in [6, 6.07) is 41.1. The number of nitriles is 1. The molecule has 0 atom stereocenters. The Morgan fingerprint density at radius 2 is 0.981 bits per heavy atom. The minimum Gasteiger partial charge on any atom is -0.302 e. The van der Waals surface area contributed by atoms with E-state index >= 15 is 0 Å². The summed E-state index contributed by atoms with van der Waals surface area (Å²) in [6.45, 7) is 23.6. The molecular formula is C48H56N2S3. The van der Waals surface area contributed by atoms with Gasteiger partial charge in [-0.1, -0.05) is 121 Å². The van der Waals surface area contributed by atoms with Crippen LogP contribution in [0, 0.1) is 42.9 Å². The van der Waals surface area contributed by atoms with E-state index in [0.29, 0.717) is 11.0 Å². The van der Waals surface area contributed by atoms with Gasteiger partial charge in [-0.2, -0.15) is 5.26 Å². The third-order valence-electron chi connectivity index (χ3n) is 8.13. The number of aryl methyl sites for hydroxylation is 3. The molecule has 1 fully saturated rings. The van der Waals surface area contributed by atoms with E-state index in [1.807, 2.05) is 66.9 Å². The zero-order valence-corrected chi connectivity index (χ0v) is 36.0. The average Bonchev–Trinajstić information content (AvgIpc) is 3.59. The zero-order chi connectivity index (χ0) is 38.8. The zero-order valence-electron chi connectivity index (χ0n) is 33.5. The number of benzene rings is 3. The first-order valence-corrected chi connectivity index (χ1v) is 21.0. The van der Waals surface area contributed by atoms with Crippen LogP contribution in [0.15, 0.2) is 109 Å². The van der Waals surface area contributed by atoms with Gasteiger partial charge < -0.3 is 4.90 Å². The molecule has 0 amide bonds. The van der Waals surface area contributed by atoms with Gasteiger partial charge >= 0.3 is 0 Å². The van der Waals surface area contributed by atoms with Crippen LogP contribution in [0.1, 0.15) is 95.4 Å². The molecule has 53 heavy (non-hydrogen) atoms. The van der Waals surface area contributed by atoms with Gasteiger partial charge in [-0.3, -0.25) is 0 Å². The number of hydrogen-bond donors (Lipinski definition) is 0. The maximum Gasteiger partial charge on any atom is 0.101 e. The van der Waals surface area contributed by atoms with Crippen molar-refractivity contribution in [3.63, 3.8) is 0 Å². The number of hydrogen-bond acceptors (Lipinski definition) is 5. The number of thiophene rings is 3. The van der Waals surface area contributed by atoms with Crippen LogP contribution < -0.4 is 4.90 Å². The van der Waals surface area contributed by atoms with Crippen LogP contribution in [-0.4, -0.2) is 0 Å². The predicted molar refractivity (Wildman–Crippen MR) is 239 cm³/mol. The minimum atomic E-state index is 0.500. The van der Waals surface area contributed by atoms with Gasteiger partial charge in [0.1, 0.15) is 5.00 Å². The quantitative estimate of drug-likeness (QED) is 0.152. The molecule has 7 rings (SSSR count). The minimum absolute atomic E-state index is 0.500. The lowest BCUT2D eigenvalue weighted by Crippen LogP contribution is -2.08. The van der Waals surface area contributed by atoms with Crippen LogP contribution in [0.25, 0.3) is 31.2 Å². The largest absolute Gasteiger partial charge is 0.302 e. The smallest absolute Gasteiger partial charge is 0.101 e. The van der Waals surface area contributed by atoms with Crippen molar-refractivity contribution in [1.82, 2.24) is 0 Å². The molecule has 0 saturated heterocycles. The fraction of sp³-hybridized carbons (Fsp3) is 0.312. The van der Waals surface area contributed by atoms with E-state index in [2.05, 4.69) is 158 Å². The molecule has 0 aliphatic heterocycles. The van der Waals surface area contributed by atoms with Crippen LogP contribution in [-0.2, 0) is 0 Å². The second kappa shape index (κ2) is 18.7. The lowest BCUT2D eigenvalue weighted by Gasteiger charge is -2.24. The van der Waals surface area contributed by atoms with Gasteiger partial charge in [0.25, 0.3) is 0 Å². The normalized spacial score (nSPS) is 12.9. The molecule has 0 radical (unpaired) electrons. The van der Waals surface area contributed by atoms with Gasteiger partial charge in [0.05, 0.1) is 11.6 Å². The fourth-order valence-electron chi connectivity index (χ4n) is 4.84. The lowest BCUT2D eigenvalue weighted by atomic mass is 10.0. The van der Waals surface area contributed by atoms with Crippen LogP contribution in [0.5, 0.6) is 0 Å². The van der Waals surface area contributed by atoms with Crippen LogP contribution in [0.3, 0.4) is 0 Å². The van der Waals surface area contributed by atoms with Gasteiger partial charge in [0.2, 0.25) is 0 Å². The molecule has 6 aromatic rings. The molecule has 0 spiro atoms. The second-order valence-electron chi connectivity index (χ2n) is 15.7. The molecule has 5 heteroatoms. The number of rotatable bonds is 7. The van der Waals surface area contributed by atoms with E-state index in [1.165, 1.54) is 54.0 Å². The van der Waals surface area contributed by atoms with Gasteiger partial charge in [0.15, 0.2) is 0 Å². The van der Waals surface area contributed by atoms with E-state index in [9.17, 15) is 5.26 Å². The van der Waals surface area contributed by atoms with E-state index in [-0.39, 0.29) is 0 Å². The maximum absolute atomic E-state index is 9.76. The highest BCUT2D eigenvalue weighted by atomic mass is 32.1. The first-order valence-electron chi connectivity index (χ1n) is 18.6. The summed E-state index contributed by atoms with van der Waals surface area (Å²) in [4.78, 5) is 8.38. The average molecular weight is 757 g/mol. The van der Waals surface area contributed by atoms with Crippen molar-refractivity contribution in [2.45, 2.75) is 89.0 Å². The molecule has 0 bridgehead atoms. The molecule has 276 valence electrons. The number of nitrogens with zero attached hydrogens (tertiary/aromatic N) is 2. The van der Waals surface area contributed by atoms with Gasteiger partial charge in [-0.25, -0.2) is 0 Å². The molecule has 1 saturated carbocycles. The highest BCUT2D eigenvalue weighted by molar-refractivity contribution is 7.27. The summed E-state index contributed by atoms with van der Waals surface area (Å²) in [5, 5.41) is 10.9. The van der Waals surface area contributed by atoms with Gasteiger partial charge in [-0.15, -0.1) is 34.0 Å². The Balaban J connectivity index is 0.000000453. The first-order chi connectivity index (χ1) is 25.2. The summed E-state index contributed by atoms with van der Waals surface area (Å²) in [5.74, 6) is 0. The number of anilines is 3. The van der Waals surface area contributed by atoms with Crippen molar-refractivity contribution >= 4 is 62.0 Å². The lowest BCUT2D eigenvalue weighted by molar-refractivity contribution is 0.469. The summed E-state index contributed by atoms with van der Waals surface area (Å²) < 4.78 is 0. The summed E-state index contributed by atoms with van der Waals surface area (Å²) in [5.41, 5.74) is 8.88. The van der Waals surface area contributed by atoms with E-state index in [0.717, 1.165) is 27.2 Å². The molecule has 3 heterocycles. The molecule has 2 nitrogen and oxygen atoms in total. The monoisotopic (exact) mass is 756 g/mol. The third-order valence-corrected chi connectivity index (χ3v) is 11.7. The Morgan fingerprint density at radius 3 is 1.42 bits per heavy atom. The van der Waals surface area contributed by atoms with Gasteiger partial charge in [-0.05, 0) is 117 Å². The standard InChI is InChI=1S/C36H28N2S3.C5H10.C5H12.C2H6/c1-24-4-10-27(11-5-24)28(23-37)22-31-16-17-32(39-31)33-18-19-34(40-33)35-20-21-36(41-35)38(29-12-6-25(2)7-13-29)30-14-8-26(3)9-15-30;1-5(2)3-4-5;1-5(2,3)4;1-2/h4-22H,1-3H3;3-4H2,1-2H3;1-4H3;1-2H3/b28-22-;;;. The maximum atomic E-state index is 9.76. The molecule has 1 aliphatic carbocycles. The van der Waals surface area contributed by atoms with E-state index in [4.69, 9.17) is 0 Å². The second-order valence-corrected chi connectivity index (χ2v) is 19.0. The summed E-state index contributed by atoms with van der Waals surface area (Å²) >= 11 is 5.34. The Kier molecular flexibility index (Phi) is 14.7. The highest BCUT2D eigenvalue weighted by Crippen LogP contribution is 2.45. The predicted octanol–water partition coefficient (Wildman–Crippen LogP) is 16.5. The van der Waals surface area contributed by atoms with Crippen LogP contribution in [0.2, 0.25) is 0 Å². The number of allylic oxidation sites excluding steroid dienone is 1. The molecule has 3 aromatic heterocycles. The Hall–Kier alpha value is -4.21. The molecule has 3 aromatic carbocycles. The topological polar surface area (TPSA) is 27.0 Å². The van der Waals surface area contributed by atoms with Crippen LogP contribution in [0.4, 0.5) is 16.4 Å². The van der Waals surface area contributed by atoms with Crippen molar-refractivity contribution in [2.24, 2.45) is 10.8 Å². The van der Waals surface area contributed by atoms with Crippen molar-refractivity contribution in [1.29, 1.82) is 5.26 Å². The van der Waals surface area contributed by atoms with Crippen molar-refractivity contribution in [3.8, 4) is 25.6 Å². The Labute approximate surface area is 332 Å². The third kappa shape index (κ3) is 13.0. The Bertz CT molecular complexity index is 2030. The fourth-order valence-corrected chi connectivity index (χ4v) is 8.03. The summed E-state index contributed by atoms with van der Waals surface area (Å²) in [7, 11) is 0. The van der Waals surface area contributed by atoms with E-state index < -0.39 is 0 Å². The van der Waals surface area contributed by atoms with Crippen molar-refractivity contribution in [3.05, 3.63) is 136 Å². The molecule has 0 N–H and O–H groups in total. The van der Waals surface area contributed by atoms with Crippen molar-refractivity contribution < 1.29 is 0 Å². The van der Waals surface area contributed by atoms with Crippen molar-refractivity contribution in [2.75, 3.05) is 4.90 Å².